The van der Waals surface area contributed by atoms with Crippen molar-refractivity contribution in [2.24, 2.45) is 0 Å². The van der Waals surface area contributed by atoms with Crippen molar-refractivity contribution in [1.82, 2.24) is 14.7 Å². The maximum absolute atomic E-state index is 12.9. The Balaban J connectivity index is 1.84. The van der Waals surface area contributed by atoms with Gasteiger partial charge in [-0.2, -0.15) is 5.10 Å². The van der Waals surface area contributed by atoms with E-state index in [-0.39, 0.29) is 11.8 Å². The van der Waals surface area contributed by atoms with Gasteiger partial charge in [-0.1, -0.05) is 33.1 Å². The molecule has 3 rings (SSSR count). The first-order chi connectivity index (χ1) is 14.5. The minimum atomic E-state index is -0.415. The summed E-state index contributed by atoms with van der Waals surface area (Å²) in [6.07, 6.45) is 6.76. The normalized spacial score (nSPS) is 15.6. The Morgan fingerprint density at radius 1 is 1.17 bits per heavy atom. The fourth-order valence-corrected chi connectivity index (χ4v) is 4.05. The molecular weight excluding hydrogens is 378 g/mol. The summed E-state index contributed by atoms with van der Waals surface area (Å²) in [7, 11) is 1.91. The molecule has 1 heterocycles. The summed E-state index contributed by atoms with van der Waals surface area (Å²) in [4.78, 5) is 27.0. The lowest BCUT2D eigenvalue weighted by molar-refractivity contribution is 0.0518. The second-order valence-electron chi connectivity index (χ2n) is 8.15. The fraction of sp³-hybridized carbons (Fsp3) is 0.542. The molecule has 1 aliphatic rings. The minimum Gasteiger partial charge on any atom is -0.461 e. The number of carbonyl (C=O) groups excluding carboxylic acids is 2. The van der Waals surface area contributed by atoms with Crippen molar-refractivity contribution in [3.05, 3.63) is 47.3 Å². The van der Waals surface area contributed by atoms with Crippen molar-refractivity contribution in [2.45, 2.75) is 71.3 Å². The molecule has 1 atom stereocenters. The number of hydrogen-bond donors (Lipinski definition) is 0. The van der Waals surface area contributed by atoms with Crippen molar-refractivity contribution in [3.8, 4) is 5.69 Å². The molecule has 1 aromatic carbocycles. The molecule has 1 aliphatic carbocycles. The standard InChI is InChI=1S/C24H33N3O3/c1-5-17(3)22-16-21(24(29)30-6-2)25-27(22)20-14-12-18(13-15-20)23(28)26(4)19-10-8-7-9-11-19/h12-17,19H,5-11H2,1-4H3/t17-/m1/s1. The van der Waals surface area contributed by atoms with Gasteiger partial charge in [0.25, 0.3) is 5.91 Å². The maximum Gasteiger partial charge on any atom is 0.358 e. The van der Waals surface area contributed by atoms with Crippen LogP contribution in [0.4, 0.5) is 0 Å². The molecule has 6 heteroatoms. The van der Waals surface area contributed by atoms with Crippen LogP contribution in [0, 0.1) is 0 Å². The highest BCUT2D eigenvalue weighted by molar-refractivity contribution is 5.94. The lowest BCUT2D eigenvalue weighted by Crippen LogP contribution is -2.38. The quantitative estimate of drug-likeness (QED) is 0.604. The van der Waals surface area contributed by atoms with Gasteiger partial charge in [-0.25, -0.2) is 9.48 Å². The molecule has 0 N–H and O–H groups in total. The van der Waals surface area contributed by atoms with E-state index in [0.717, 1.165) is 30.6 Å². The molecule has 0 aliphatic heterocycles. The highest BCUT2D eigenvalue weighted by Crippen LogP contribution is 2.25. The predicted octanol–water partition coefficient (Wildman–Crippen LogP) is 4.97. The highest BCUT2D eigenvalue weighted by atomic mass is 16.5. The van der Waals surface area contributed by atoms with E-state index in [4.69, 9.17) is 4.74 Å². The summed E-state index contributed by atoms with van der Waals surface area (Å²) in [5.41, 5.74) is 2.77. The van der Waals surface area contributed by atoms with Crippen LogP contribution >= 0.6 is 0 Å². The summed E-state index contributed by atoms with van der Waals surface area (Å²) in [6.45, 7) is 6.31. The van der Waals surface area contributed by atoms with Crippen LogP contribution in [0.1, 0.15) is 91.8 Å². The summed E-state index contributed by atoms with van der Waals surface area (Å²) >= 11 is 0. The maximum atomic E-state index is 12.9. The van der Waals surface area contributed by atoms with E-state index in [9.17, 15) is 9.59 Å². The molecule has 6 nitrogen and oxygen atoms in total. The Hall–Kier alpha value is -2.63. The zero-order valence-electron chi connectivity index (χ0n) is 18.6. The summed E-state index contributed by atoms with van der Waals surface area (Å²) in [6, 6.07) is 9.64. The van der Waals surface area contributed by atoms with Gasteiger partial charge in [0, 0.05) is 24.3 Å². The molecule has 0 saturated heterocycles. The first-order valence-corrected chi connectivity index (χ1v) is 11.1. The molecule has 1 aromatic heterocycles. The molecule has 1 saturated carbocycles. The number of ether oxygens (including phenoxy) is 1. The summed E-state index contributed by atoms with van der Waals surface area (Å²) in [5.74, 6) is -0.121. The van der Waals surface area contributed by atoms with E-state index in [1.807, 2.05) is 42.3 Å². The van der Waals surface area contributed by atoms with Crippen LogP contribution in [0.15, 0.2) is 30.3 Å². The third kappa shape index (κ3) is 4.74. The van der Waals surface area contributed by atoms with Crippen molar-refractivity contribution in [1.29, 1.82) is 0 Å². The van der Waals surface area contributed by atoms with Gasteiger partial charge in [0.2, 0.25) is 0 Å². The van der Waals surface area contributed by atoms with Gasteiger partial charge in [0.15, 0.2) is 5.69 Å². The third-order valence-electron chi connectivity index (χ3n) is 6.14. The number of carbonyl (C=O) groups is 2. The SMILES string of the molecule is CCOC(=O)c1cc([C@H](C)CC)n(-c2ccc(C(=O)N(C)C3CCCCC3)cc2)n1. The van der Waals surface area contributed by atoms with Crippen molar-refractivity contribution in [2.75, 3.05) is 13.7 Å². The molecule has 2 aromatic rings. The zero-order chi connectivity index (χ0) is 21.7. The Morgan fingerprint density at radius 2 is 1.83 bits per heavy atom. The van der Waals surface area contributed by atoms with Gasteiger partial charge in [0.05, 0.1) is 12.3 Å². The average molecular weight is 412 g/mol. The smallest absolute Gasteiger partial charge is 0.358 e. The number of aromatic nitrogens is 2. The zero-order valence-corrected chi connectivity index (χ0v) is 18.6. The van der Waals surface area contributed by atoms with Gasteiger partial charge in [0.1, 0.15) is 0 Å². The number of esters is 1. The Morgan fingerprint density at radius 3 is 2.43 bits per heavy atom. The van der Waals surface area contributed by atoms with Crippen molar-refractivity contribution in [3.63, 3.8) is 0 Å². The Labute approximate surface area is 179 Å². The predicted molar refractivity (Wildman–Crippen MR) is 117 cm³/mol. The Bertz CT molecular complexity index is 866. The number of rotatable bonds is 7. The van der Waals surface area contributed by atoms with Gasteiger partial charge < -0.3 is 9.64 Å². The molecule has 162 valence electrons. The second kappa shape index (κ2) is 9.92. The van der Waals surface area contributed by atoms with Crippen molar-refractivity contribution < 1.29 is 14.3 Å². The molecule has 1 fully saturated rings. The topological polar surface area (TPSA) is 64.4 Å². The monoisotopic (exact) mass is 411 g/mol. The fourth-order valence-electron chi connectivity index (χ4n) is 4.05. The number of nitrogens with zero attached hydrogens (tertiary/aromatic N) is 3. The van der Waals surface area contributed by atoms with E-state index in [2.05, 4.69) is 18.9 Å². The van der Waals surface area contributed by atoms with Crippen LogP contribution < -0.4 is 0 Å². The van der Waals surface area contributed by atoms with Crippen LogP contribution in [0.5, 0.6) is 0 Å². The first-order valence-electron chi connectivity index (χ1n) is 11.1. The van der Waals surface area contributed by atoms with Gasteiger partial charge in [-0.05, 0) is 62.4 Å². The van der Waals surface area contributed by atoms with E-state index < -0.39 is 5.97 Å². The number of benzene rings is 1. The van der Waals surface area contributed by atoms with Gasteiger partial charge in [-0.15, -0.1) is 0 Å². The van der Waals surface area contributed by atoms with Crippen LogP contribution in [0.2, 0.25) is 0 Å². The highest BCUT2D eigenvalue weighted by Gasteiger charge is 2.23. The van der Waals surface area contributed by atoms with E-state index in [1.54, 1.807) is 11.6 Å². The van der Waals surface area contributed by atoms with E-state index in [0.29, 0.717) is 23.9 Å². The lowest BCUT2D eigenvalue weighted by atomic mass is 9.94. The van der Waals surface area contributed by atoms with E-state index >= 15 is 0 Å². The number of amides is 1. The molecule has 0 radical (unpaired) electrons. The van der Waals surface area contributed by atoms with Crippen LogP contribution in [-0.2, 0) is 4.74 Å². The Kier molecular flexibility index (Phi) is 7.29. The summed E-state index contributed by atoms with van der Waals surface area (Å²) < 4.78 is 6.91. The molecule has 0 unspecified atom stereocenters. The molecule has 0 bridgehead atoms. The van der Waals surface area contributed by atoms with Crippen LogP contribution in [-0.4, -0.2) is 46.3 Å². The largest absolute Gasteiger partial charge is 0.461 e. The molecule has 30 heavy (non-hydrogen) atoms. The van der Waals surface area contributed by atoms with Crippen molar-refractivity contribution >= 4 is 11.9 Å². The van der Waals surface area contributed by atoms with Crippen LogP contribution in [0.3, 0.4) is 0 Å². The lowest BCUT2D eigenvalue weighted by Gasteiger charge is -2.31. The number of hydrogen-bond acceptors (Lipinski definition) is 4. The van der Waals surface area contributed by atoms with Crippen LogP contribution in [0.25, 0.3) is 5.69 Å². The molecule has 1 amide bonds. The second-order valence-corrected chi connectivity index (χ2v) is 8.15. The minimum absolute atomic E-state index is 0.0586. The van der Waals surface area contributed by atoms with Gasteiger partial charge in [-0.3, -0.25) is 4.79 Å². The molecule has 0 spiro atoms. The first kappa shape index (κ1) is 22.1. The van der Waals surface area contributed by atoms with E-state index in [1.165, 1.54) is 19.3 Å². The summed E-state index contributed by atoms with van der Waals surface area (Å²) in [5, 5.41) is 4.50. The molecular formula is C24H33N3O3. The third-order valence-corrected chi connectivity index (χ3v) is 6.14. The van der Waals surface area contributed by atoms with Gasteiger partial charge >= 0.3 is 5.97 Å². The average Bonchev–Trinajstić information content (AvgIpc) is 3.24.